The minimum Gasteiger partial charge on any atom is -0.311 e. The molecule has 3 nitrogen and oxygen atoms in total. The molecule has 0 radical (unpaired) electrons. The lowest BCUT2D eigenvalue weighted by atomic mass is 9.79. The molecule has 0 aliphatic carbocycles. The Morgan fingerprint density at radius 3 is 1.87 bits per heavy atom. The van der Waals surface area contributed by atoms with Gasteiger partial charge in [-0.1, -0.05) is 66.0 Å². The smallest absolute Gasteiger partial charge is 0.311 e. The topological polar surface area (TPSA) is 18.5 Å². The van der Waals surface area contributed by atoms with Gasteiger partial charge in [-0.25, -0.2) is 0 Å². The van der Waals surface area contributed by atoms with Gasteiger partial charge in [-0.05, 0) is 43.6 Å². The van der Waals surface area contributed by atoms with Crippen LogP contribution in [0.5, 0.6) is 0 Å². The summed E-state index contributed by atoms with van der Waals surface area (Å²) in [4.78, 5) is 2.70. The van der Waals surface area contributed by atoms with Gasteiger partial charge in [-0.2, -0.15) is 26.3 Å². The Bertz CT molecular complexity index is 999. The normalized spacial score (nSPS) is 24.9. The summed E-state index contributed by atoms with van der Waals surface area (Å²) >= 11 is 12.9. The molecule has 0 amide bonds. The van der Waals surface area contributed by atoms with Crippen LogP contribution in [-0.4, -0.2) is 60.9 Å². The number of hydrogen-bond donors (Lipinski definition) is 1. The summed E-state index contributed by atoms with van der Waals surface area (Å²) in [5.74, 6) is -4.34. The molecule has 0 aromatic heterocycles. The van der Waals surface area contributed by atoms with Crippen molar-refractivity contribution < 1.29 is 26.3 Å². The van der Waals surface area contributed by atoms with Crippen LogP contribution >= 0.6 is 23.2 Å². The molecule has 0 saturated carbocycles. The number of nitrogens with zero attached hydrogens (tertiary/aromatic N) is 2. The van der Waals surface area contributed by atoms with Crippen molar-refractivity contribution in [2.45, 2.75) is 50.2 Å². The van der Waals surface area contributed by atoms with Crippen LogP contribution < -0.4 is 5.32 Å². The third kappa shape index (κ3) is 6.97. The average molecular weight is 582 g/mol. The number of likely N-dealkylation sites (tertiary alicyclic amines) is 2. The summed E-state index contributed by atoms with van der Waals surface area (Å²) in [7, 11) is 0. The number of hydrogen-bond acceptors (Lipinski definition) is 3. The van der Waals surface area contributed by atoms with Crippen molar-refractivity contribution >= 4 is 23.2 Å². The number of alkyl halides is 6. The molecular formula is C27H31Cl2F6N3. The molecule has 2 aromatic rings. The van der Waals surface area contributed by atoms with Crippen LogP contribution in [0.3, 0.4) is 0 Å². The van der Waals surface area contributed by atoms with E-state index in [-0.39, 0.29) is 29.7 Å². The van der Waals surface area contributed by atoms with Gasteiger partial charge in [0.15, 0.2) is 0 Å². The molecule has 0 bridgehead atoms. The highest BCUT2D eigenvalue weighted by molar-refractivity contribution is 6.36. The lowest BCUT2D eigenvalue weighted by molar-refractivity contribution is -0.260. The second-order valence-corrected chi connectivity index (χ2v) is 10.9. The highest BCUT2D eigenvalue weighted by atomic mass is 35.5. The van der Waals surface area contributed by atoms with E-state index in [0.717, 1.165) is 12.0 Å². The average Bonchev–Trinajstić information content (AvgIpc) is 2.87. The van der Waals surface area contributed by atoms with E-state index in [4.69, 9.17) is 23.2 Å². The molecule has 2 fully saturated rings. The molecule has 210 valence electrons. The van der Waals surface area contributed by atoms with Gasteiger partial charge < -0.3 is 5.32 Å². The molecule has 1 N–H and O–H groups in total. The first-order chi connectivity index (χ1) is 18.0. The number of piperidine rings is 2. The van der Waals surface area contributed by atoms with Crippen molar-refractivity contribution in [1.29, 1.82) is 0 Å². The molecule has 11 heteroatoms. The molecule has 38 heavy (non-hydrogen) atoms. The first-order valence-corrected chi connectivity index (χ1v) is 13.5. The van der Waals surface area contributed by atoms with Gasteiger partial charge in [-0.3, -0.25) is 9.80 Å². The van der Waals surface area contributed by atoms with Crippen LogP contribution in [0.1, 0.15) is 36.4 Å². The Labute approximate surface area is 229 Å². The van der Waals surface area contributed by atoms with E-state index >= 15 is 0 Å². The van der Waals surface area contributed by atoms with Gasteiger partial charge in [0.2, 0.25) is 0 Å². The maximum atomic E-state index is 14.5. The Morgan fingerprint density at radius 1 is 0.789 bits per heavy atom. The highest BCUT2D eigenvalue weighted by Crippen LogP contribution is 2.47. The zero-order chi connectivity index (χ0) is 27.5. The third-order valence-electron chi connectivity index (χ3n) is 7.62. The summed E-state index contributed by atoms with van der Waals surface area (Å²) in [6, 6.07) is 11.5. The van der Waals surface area contributed by atoms with Gasteiger partial charge in [0.05, 0.1) is 17.9 Å². The van der Waals surface area contributed by atoms with E-state index in [1.54, 1.807) is 18.2 Å². The first-order valence-electron chi connectivity index (χ1n) is 12.8. The van der Waals surface area contributed by atoms with Crippen molar-refractivity contribution in [2.75, 3.05) is 32.7 Å². The second kappa shape index (κ2) is 12.3. The molecule has 2 aliphatic heterocycles. The molecule has 4 rings (SSSR count). The summed E-state index contributed by atoms with van der Waals surface area (Å²) in [5.41, 5.74) is 1.26. The molecule has 0 spiro atoms. The Morgan fingerprint density at radius 2 is 1.34 bits per heavy atom. The largest absolute Gasteiger partial charge is 0.394 e. The maximum absolute atomic E-state index is 14.5. The first kappa shape index (κ1) is 29.5. The molecule has 2 aliphatic rings. The fourth-order valence-corrected chi connectivity index (χ4v) is 6.49. The summed E-state index contributed by atoms with van der Waals surface area (Å²) in [6.45, 7) is -0.214. The lowest BCUT2D eigenvalue weighted by Gasteiger charge is -2.51. The summed E-state index contributed by atoms with van der Waals surface area (Å²) in [5, 5.41) is 3.61. The van der Waals surface area contributed by atoms with Crippen molar-refractivity contribution in [3.05, 3.63) is 69.7 Å². The quantitative estimate of drug-likeness (QED) is 0.345. The van der Waals surface area contributed by atoms with Crippen LogP contribution in [0.2, 0.25) is 10.0 Å². The van der Waals surface area contributed by atoms with Crippen molar-refractivity contribution in [2.24, 2.45) is 11.8 Å². The minimum atomic E-state index is -4.81. The lowest BCUT2D eigenvalue weighted by Crippen LogP contribution is -2.64. The fraction of sp³-hybridized carbons (Fsp3) is 0.556. The molecular weight excluding hydrogens is 551 g/mol. The van der Waals surface area contributed by atoms with E-state index in [2.05, 4.69) is 5.32 Å². The van der Waals surface area contributed by atoms with Gasteiger partial charge in [-0.15, -0.1) is 0 Å². The standard InChI is InChI=1S/C27H31Cl2F6N3/c28-21-10-7-11-22(29)24(21)23(15-36-14-18-8-3-1-4-9-18)38-16-19(26(30,31)32)25(20(17-38)27(33,34)35)37-12-5-2-6-13-37/h1,3-4,7-11,19-20,23,25,36H,2,5-6,12-17H2. The zero-order valence-corrected chi connectivity index (χ0v) is 22.2. The Hall–Kier alpha value is -1.52. The van der Waals surface area contributed by atoms with Crippen LogP contribution in [0.4, 0.5) is 26.3 Å². The molecule has 3 unspecified atom stereocenters. The van der Waals surface area contributed by atoms with Crippen molar-refractivity contribution in [3.8, 4) is 0 Å². The fourth-order valence-electron chi connectivity index (χ4n) is 5.84. The predicted molar refractivity (Wildman–Crippen MR) is 137 cm³/mol. The Kier molecular flexibility index (Phi) is 9.56. The van der Waals surface area contributed by atoms with E-state index in [1.165, 1.54) is 9.80 Å². The van der Waals surface area contributed by atoms with E-state index < -0.39 is 49.4 Å². The van der Waals surface area contributed by atoms with E-state index in [9.17, 15) is 26.3 Å². The third-order valence-corrected chi connectivity index (χ3v) is 8.28. The summed E-state index contributed by atoms with van der Waals surface area (Å²) in [6.07, 6.45) is -7.62. The van der Waals surface area contributed by atoms with Gasteiger partial charge in [0.25, 0.3) is 0 Å². The van der Waals surface area contributed by atoms with Crippen molar-refractivity contribution in [3.63, 3.8) is 0 Å². The number of nitrogens with one attached hydrogen (secondary N) is 1. The van der Waals surface area contributed by atoms with Crippen molar-refractivity contribution in [1.82, 2.24) is 15.1 Å². The van der Waals surface area contributed by atoms with E-state index in [0.29, 0.717) is 24.9 Å². The number of benzene rings is 2. The van der Waals surface area contributed by atoms with Crippen LogP contribution in [-0.2, 0) is 6.54 Å². The molecule has 2 heterocycles. The molecule has 3 atom stereocenters. The minimum absolute atomic E-state index is 0.0713. The van der Waals surface area contributed by atoms with Crippen LogP contribution in [0, 0.1) is 11.8 Å². The van der Waals surface area contributed by atoms with Gasteiger partial charge >= 0.3 is 12.4 Å². The molecule has 2 aromatic carbocycles. The number of rotatable bonds is 7. The van der Waals surface area contributed by atoms with Crippen LogP contribution in [0.15, 0.2) is 48.5 Å². The molecule has 2 saturated heterocycles. The monoisotopic (exact) mass is 581 g/mol. The Balaban J connectivity index is 1.70. The zero-order valence-electron chi connectivity index (χ0n) is 20.7. The predicted octanol–water partition coefficient (Wildman–Crippen LogP) is 7.35. The SMILES string of the molecule is FC(F)(F)C1CN(C(CNCc2ccccc2)c2c(Cl)cccc2Cl)CC(C(F)(F)F)C1N1CCCCC1. The highest BCUT2D eigenvalue weighted by Gasteiger charge is 2.60. The van der Waals surface area contributed by atoms with E-state index in [1.807, 2.05) is 30.3 Å². The number of halogens is 8. The van der Waals surface area contributed by atoms with Gasteiger partial charge in [0.1, 0.15) is 0 Å². The summed E-state index contributed by atoms with van der Waals surface area (Å²) < 4.78 is 86.9. The van der Waals surface area contributed by atoms with Gasteiger partial charge in [0, 0.05) is 47.8 Å². The second-order valence-electron chi connectivity index (χ2n) is 10.1. The maximum Gasteiger partial charge on any atom is 0.394 e. The van der Waals surface area contributed by atoms with Crippen LogP contribution in [0.25, 0.3) is 0 Å².